The third-order valence-corrected chi connectivity index (χ3v) is 8.33. The number of sulfone groups is 1. The Hall–Kier alpha value is -1.40. The highest BCUT2D eigenvalue weighted by molar-refractivity contribution is 7.93. The maximum absolute atomic E-state index is 13.6. The highest BCUT2D eigenvalue weighted by Crippen LogP contribution is 2.43. The first-order valence-corrected chi connectivity index (χ1v) is 10.6. The zero-order valence-corrected chi connectivity index (χ0v) is 15.8. The highest BCUT2D eigenvalue weighted by atomic mass is 32.2. The fraction of sp³-hybridized carbons (Fsp3) is 0.632. The van der Waals surface area contributed by atoms with Crippen LogP contribution in [0, 0.1) is 13.8 Å². The molecule has 2 fully saturated rings. The molecular formula is C19H27NO4S. The van der Waals surface area contributed by atoms with E-state index in [0.717, 1.165) is 18.4 Å². The largest absolute Gasteiger partial charge is 0.393 e. The van der Waals surface area contributed by atoms with E-state index >= 15 is 0 Å². The van der Waals surface area contributed by atoms with E-state index in [1.807, 2.05) is 19.1 Å². The summed E-state index contributed by atoms with van der Waals surface area (Å²) in [7, 11) is -3.77. The fourth-order valence-corrected chi connectivity index (χ4v) is 6.55. The first-order chi connectivity index (χ1) is 11.8. The van der Waals surface area contributed by atoms with E-state index in [2.05, 4.69) is 0 Å². The van der Waals surface area contributed by atoms with E-state index in [-0.39, 0.29) is 12.0 Å². The lowest BCUT2D eigenvalue weighted by atomic mass is 10.0. The summed E-state index contributed by atoms with van der Waals surface area (Å²) >= 11 is 0. The van der Waals surface area contributed by atoms with E-state index < -0.39 is 14.6 Å². The van der Waals surface area contributed by atoms with Crippen LogP contribution >= 0.6 is 0 Å². The number of hydrogen-bond donors (Lipinski definition) is 1. The van der Waals surface area contributed by atoms with Crippen LogP contribution in [0.5, 0.6) is 0 Å². The molecule has 0 atom stereocenters. The van der Waals surface area contributed by atoms with Gasteiger partial charge in [0.1, 0.15) is 0 Å². The molecule has 138 valence electrons. The van der Waals surface area contributed by atoms with E-state index in [1.54, 1.807) is 17.9 Å². The number of rotatable bonds is 3. The fourth-order valence-electron chi connectivity index (χ4n) is 4.11. The van der Waals surface area contributed by atoms with Gasteiger partial charge in [-0.05, 0) is 56.7 Å². The van der Waals surface area contributed by atoms with Gasteiger partial charge >= 0.3 is 0 Å². The molecule has 1 saturated heterocycles. The molecule has 0 radical (unpaired) electrons. The van der Waals surface area contributed by atoms with Crippen molar-refractivity contribution in [1.29, 1.82) is 0 Å². The summed E-state index contributed by atoms with van der Waals surface area (Å²) in [5, 5.41) is 9.69. The van der Waals surface area contributed by atoms with Gasteiger partial charge in [0.05, 0.1) is 11.0 Å². The summed E-state index contributed by atoms with van der Waals surface area (Å²) in [6, 6.07) is 5.40. The van der Waals surface area contributed by atoms with Gasteiger partial charge in [0, 0.05) is 13.1 Å². The lowest BCUT2D eigenvalue weighted by molar-refractivity contribution is -0.135. The molecule has 1 aromatic carbocycles. The molecular weight excluding hydrogens is 338 g/mol. The number of aryl methyl sites for hydroxylation is 2. The van der Waals surface area contributed by atoms with Crippen molar-refractivity contribution in [2.75, 3.05) is 13.1 Å². The van der Waals surface area contributed by atoms with Gasteiger partial charge in [-0.2, -0.15) is 0 Å². The summed E-state index contributed by atoms with van der Waals surface area (Å²) < 4.78 is 25.8. The average molecular weight is 365 g/mol. The van der Waals surface area contributed by atoms with Gasteiger partial charge in [0.25, 0.3) is 0 Å². The van der Waals surface area contributed by atoms with E-state index in [0.29, 0.717) is 49.2 Å². The maximum atomic E-state index is 13.6. The number of likely N-dealkylation sites (tertiary alicyclic amines) is 1. The van der Waals surface area contributed by atoms with Crippen molar-refractivity contribution in [2.24, 2.45) is 0 Å². The Labute approximate surface area is 150 Å². The van der Waals surface area contributed by atoms with Crippen LogP contribution in [0.15, 0.2) is 23.1 Å². The number of nitrogens with zero attached hydrogens (tertiary/aromatic N) is 1. The molecule has 1 saturated carbocycles. The predicted molar refractivity (Wildman–Crippen MR) is 96.1 cm³/mol. The second kappa shape index (κ2) is 6.72. The zero-order valence-electron chi connectivity index (χ0n) is 15.0. The van der Waals surface area contributed by atoms with Crippen LogP contribution in [0.2, 0.25) is 0 Å². The SMILES string of the molecule is Cc1ccc(C)c(S(=O)(=O)C2(C(=O)N3CCC(O)CC3)CCCC2)c1. The number of hydrogen-bond acceptors (Lipinski definition) is 4. The molecule has 0 aromatic heterocycles. The molecule has 1 aliphatic carbocycles. The number of amides is 1. The molecule has 5 nitrogen and oxygen atoms in total. The van der Waals surface area contributed by atoms with Crippen LogP contribution in [0.1, 0.15) is 49.7 Å². The Morgan fingerprint density at radius 3 is 2.36 bits per heavy atom. The zero-order chi connectivity index (χ0) is 18.2. The Kier molecular flexibility index (Phi) is 4.95. The Morgan fingerprint density at radius 2 is 1.76 bits per heavy atom. The number of benzene rings is 1. The van der Waals surface area contributed by atoms with Crippen LogP contribution in [-0.4, -0.2) is 48.3 Å². The van der Waals surface area contributed by atoms with Crippen molar-refractivity contribution in [3.63, 3.8) is 0 Å². The molecule has 6 heteroatoms. The third kappa shape index (κ3) is 3.10. The molecule has 1 aromatic rings. The lowest BCUT2D eigenvalue weighted by Crippen LogP contribution is -2.54. The molecule has 0 spiro atoms. The van der Waals surface area contributed by atoms with Gasteiger partial charge in [0.15, 0.2) is 14.6 Å². The van der Waals surface area contributed by atoms with E-state index in [4.69, 9.17) is 0 Å². The van der Waals surface area contributed by atoms with Crippen LogP contribution in [0.25, 0.3) is 0 Å². The number of piperidine rings is 1. The third-order valence-electron chi connectivity index (χ3n) is 5.70. The number of carbonyl (C=O) groups is 1. The minimum Gasteiger partial charge on any atom is -0.393 e. The van der Waals surface area contributed by atoms with Gasteiger partial charge in [-0.1, -0.05) is 25.0 Å². The van der Waals surface area contributed by atoms with Crippen molar-refractivity contribution in [3.05, 3.63) is 29.3 Å². The first-order valence-electron chi connectivity index (χ1n) is 9.07. The average Bonchev–Trinajstić information content (AvgIpc) is 3.08. The molecule has 3 rings (SSSR count). The van der Waals surface area contributed by atoms with Crippen molar-refractivity contribution >= 4 is 15.7 Å². The highest BCUT2D eigenvalue weighted by Gasteiger charge is 2.55. The summed E-state index contributed by atoms with van der Waals surface area (Å²) in [5.74, 6) is -0.266. The number of aliphatic hydroxyl groups is 1. The maximum Gasteiger partial charge on any atom is 0.244 e. The van der Waals surface area contributed by atoms with Gasteiger partial charge in [0.2, 0.25) is 5.91 Å². The Balaban J connectivity index is 2.02. The molecule has 25 heavy (non-hydrogen) atoms. The second-order valence-corrected chi connectivity index (χ2v) is 9.73. The quantitative estimate of drug-likeness (QED) is 0.892. The van der Waals surface area contributed by atoms with Gasteiger partial charge in [-0.15, -0.1) is 0 Å². The van der Waals surface area contributed by atoms with Crippen molar-refractivity contribution in [2.45, 2.75) is 68.1 Å². The smallest absolute Gasteiger partial charge is 0.244 e. The van der Waals surface area contributed by atoms with Gasteiger partial charge in [-0.3, -0.25) is 4.79 Å². The van der Waals surface area contributed by atoms with Crippen molar-refractivity contribution in [3.8, 4) is 0 Å². The summed E-state index contributed by atoms with van der Waals surface area (Å²) in [4.78, 5) is 15.3. The Bertz CT molecular complexity index is 758. The van der Waals surface area contributed by atoms with Gasteiger partial charge in [-0.25, -0.2) is 8.42 Å². The number of aliphatic hydroxyl groups excluding tert-OH is 1. The molecule has 0 bridgehead atoms. The minimum absolute atomic E-state index is 0.266. The van der Waals surface area contributed by atoms with E-state index in [1.165, 1.54) is 0 Å². The molecule has 0 unspecified atom stereocenters. The molecule has 2 aliphatic rings. The Morgan fingerprint density at radius 1 is 1.16 bits per heavy atom. The topological polar surface area (TPSA) is 74.7 Å². The summed E-state index contributed by atoms with van der Waals surface area (Å²) in [6.45, 7) is 4.53. The summed E-state index contributed by atoms with van der Waals surface area (Å²) in [6.07, 6.45) is 2.94. The lowest BCUT2D eigenvalue weighted by Gasteiger charge is -2.37. The van der Waals surface area contributed by atoms with Crippen LogP contribution < -0.4 is 0 Å². The van der Waals surface area contributed by atoms with Crippen molar-refractivity contribution in [1.82, 2.24) is 4.90 Å². The monoisotopic (exact) mass is 365 g/mol. The van der Waals surface area contributed by atoms with Crippen LogP contribution in [-0.2, 0) is 14.6 Å². The first kappa shape index (κ1) is 18.4. The summed E-state index contributed by atoms with van der Waals surface area (Å²) in [5.41, 5.74) is 1.57. The second-order valence-electron chi connectivity index (χ2n) is 7.50. The molecule has 1 N–H and O–H groups in total. The van der Waals surface area contributed by atoms with Crippen molar-refractivity contribution < 1.29 is 18.3 Å². The standard InChI is InChI=1S/C19H27NO4S/c1-14-5-6-15(2)17(13-14)25(23,24)19(9-3-4-10-19)18(22)20-11-7-16(21)8-12-20/h5-6,13,16,21H,3-4,7-12H2,1-2H3. The normalized spacial score (nSPS) is 21.5. The molecule has 1 heterocycles. The van der Waals surface area contributed by atoms with Crippen LogP contribution in [0.3, 0.4) is 0 Å². The minimum atomic E-state index is -3.77. The molecule has 1 aliphatic heterocycles. The number of carbonyl (C=O) groups excluding carboxylic acids is 1. The molecule has 1 amide bonds. The van der Waals surface area contributed by atoms with E-state index in [9.17, 15) is 18.3 Å². The predicted octanol–water partition coefficient (Wildman–Crippen LogP) is 2.37. The van der Waals surface area contributed by atoms with Crippen LogP contribution in [0.4, 0.5) is 0 Å². The van der Waals surface area contributed by atoms with Gasteiger partial charge < -0.3 is 10.0 Å².